The molecule has 1 aliphatic heterocycles. The molecule has 3 fully saturated rings. The Morgan fingerprint density at radius 3 is 2.94 bits per heavy atom. The van der Waals surface area contributed by atoms with E-state index < -0.39 is 0 Å². The summed E-state index contributed by atoms with van der Waals surface area (Å²) < 4.78 is 10.9. The fourth-order valence-corrected chi connectivity index (χ4v) is 3.60. The summed E-state index contributed by atoms with van der Waals surface area (Å²) in [4.78, 5) is 23.2. The Morgan fingerprint density at radius 1 is 1.47 bits per heavy atom. The lowest BCUT2D eigenvalue weighted by molar-refractivity contribution is -0.162. The molecule has 0 radical (unpaired) electrons. The van der Waals surface area contributed by atoms with Crippen LogP contribution in [0.25, 0.3) is 0 Å². The van der Waals surface area contributed by atoms with Crippen LogP contribution in [-0.2, 0) is 19.1 Å². The molecule has 3 aliphatic rings. The zero-order chi connectivity index (χ0) is 12.2. The number of hydrogen-bond donors (Lipinski definition) is 0. The van der Waals surface area contributed by atoms with Crippen LogP contribution in [-0.4, -0.2) is 24.1 Å². The lowest BCUT2D eigenvalue weighted by Gasteiger charge is -2.25. The van der Waals surface area contributed by atoms with Gasteiger partial charge in [-0.05, 0) is 18.8 Å². The third-order valence-corrected chi connectivity index (χ3v) is 4.26. The van der Waals surface area contributed by atoms with E-state index in [1.165, 1.54) is 0 Å². The van der Waals surface area contributed by atoms with E-state index in [1.807, 2.05) is 13.8 Å². The minimum Gasteiger partial charge on any atom is -0.458 e. The summed E-state index contributed by atoms with van der Waals surface area (Å²) in [6, 6.07) is 0. The average molecular weight is 238 g/mol. The fourth-order valence-electron chi connectivity index (χ4n) is 3.60. The van der Waals surface area contributed by atoms with Crippen molar-refractivity contribution in [3.05, 3.63) is 0 Å². The molecule has 2 aliphatic carbocycles. The molecule has 2 bridgehead atoms. The third kappa shape index (κ3) is 1.65. The maximum Gasteiger partial charge on any atom is 0.309 e. The first-order valence-corrected chi connectivity index (χ1v) is 6.46. The van der Waals surface area contributed by atoms with Crippen LogP contribution in [0.5, 0.6) is 0 Å². The predicted octanol–water partition coefficient (Wildman–Crippen LogP) is 1.53. The molecule has 5 unspecified atom stereocenters. The van der Waals surface area contributed by atoms with Gasteiger partial charge in [0.1, 0.15) is 12.2 Å². The number of esters is 2. The van der Waals surface area contributed by atoms with Crippen molar-refractivity contribution in [3.63, 3.8) is 0 Å². The van der Waals surface area contributed by atoms with Gasteiger partial charge in [-0.1, -0.05) is 13.8 Å². The number of rotatable bonds is 3. The van der Waals surface area contributed by atoms with Gasteiger partial charge in [-0.25, -0.2) is 0 Å². The molecule has 4 nitrogen and oxygen atoms in total. The molecule has 3 rings (SSSR count). The highest BCUT2D eigenvalue weighted by atomic mass is 16.6. The molecule has 1 heterocycles. The van der Waals surface area contributed by atoms with Gasteiger partial charge >= 0.3 is 11.9 Å². The van der Waals surface area contributed by atoms with Crippen LogP contribution in [0.1, 0.15) is 33.1 Å². The molecule has 1 saturated heterocycles. The summed E-state index contributed by atoms with van der Waals surface area (Å²) >= 11 is 0. The smallest absolute Gasteiger partial charge is 0.309 e. The molecule has 0 aromatic rings. The lowest BCUT2D eigenvalue weighted by Crippen LogP contribution is -2.36. The predicted molar refractivity (Wildman–Crippen MR) is 58.9 cm³/mol. The van der Waals surface area contributed by atoms with E-state index in [-0.39, 0.29) is 30.1 Å². The van der Waals surface area contributed by atoms with E-state index in [1.54, 1.807) is 0 Å². The summed E-state index contributed by atoms with van der Waals surface area (Å²) in [5.41, 5.74) is 0. The summed E-state index contributed by atoms with van der Waals surface area (Å²) in [5.74, 6) is 0.814. The Kier molecular flexibility index (Phi) is 2.42. The van der Waals surface area contributed by atoms with E-state index in [2.05, 4.69) is 0 Å². The lowest BCUT2D eigenvalue weighted by atomic mass is 9.88. The minimum atomic E-state index is -0.172. The second-order valence-electron chi connectivity index (χ2n) is 5.96. The van der Waals surface area contributed by atoms with Crippen LogP contribution in [0.4, 0.5) is 0 Å². The van der Waals surface area contributed by atoms with Crippen LogP contribution < -0.4 is 0 Å². The number of hydrogen-bond acceptors (Lipinski definition) is 4. The van der Waals surface area contributed by atoms with Gasteiger partial charge in [0.05, 0.1) is 5.92 Å². The van der Waals surface area contributed by atoms with Crippen molar-refractivity contribution in [2.75, 3.05) is 0 Å². The Hall–Kier alpha value is -1.06. The largest absolute Gasteiger partial charge is 0.458 e. The van der Waals surface area contributed by atoms with Crippen molar-refractivity contribution < 1.29 is 19.1 Å². The standard InChI is InChI=1S/C13H18O4/c1-6(2)3-10(14)16-11-7-4-8-9(5-7)13(15)17-12(8)11/h6-9,11-12H,3-5H2,1-2H3. The van der Waals surface area contributed by atoms with E-state index >= 15 is 0 Å². The Morgan fingerprint density at radius 2 is 2.24 bits per heavy atom. The molecule has 17 heavy (non-hydrogen) atoms. The zero-order valence-electron chi connectivity index (χ0n) is 10.2. The van der Waals surface area contributed by atoms with E-state index in [0.29, 0.717) is 24.2 Å². The van der Waals surface area contributed by atoms with Crippen LogP contribution in [0.3, 0.4) is 0 Å². The maximum absolute atomic E-state index is 11.7. The van der Waals surface area contributed by atoms with Gasteiger partial charge in [0.15, 0.2) is 0 Å². The molecular weight excluding hydrogens is 220 g/mol. The fraction of sp³-hybridized carbons (Fsp3) is 0.846. The molecule has 2 saturated carbocycles. The number of fused-ring (bicyclic) bond motifs is 1. The number of carbonyl (C=O) groups is 2. The Bertz CT molecular complexity index is 362. The molecule has 0 N–H and O–H groups in total. The van der Waals surface area contributed by atoms with Crippen molar-refractivity contribution in [3.8, 4) is 0 Å². The SMILES string of the molecule is CC(C)CC(=O)OC1C2CC3C(=O)OC1C3C2. The number of ether oxygens (including phenoxy) is 2. The maximum atomic E-state index is 11.7. The van der Waals surface area contributed by atoms with Crippen molar-refractivity contribution in [2.24, 2.45) is 23.7 Å². The summed E-state index contributed by atoms with van der Waals surface area (Å²) in [5, 5.41) is 0. The van der Waals surface area contributed by atoms with Crippen LogP contribution in [0.15, 0.2) is 0 Å². The second-order valence-corrected chi connectivity index (χ2v) is 5.96. The molecule has 5 atom stereocenters. The molecule has 94 valence electrons. The van der Waals surface area contributed by atoms with Crippen LogP contribution in [0, 0.1) is 23.7 Å². The normalized spacial score (nSPS) is 42.1. The van der Waals surface area contributed by atoms with Gasteiger partial charge in [-0.15, -0.1) is 0 Å². The van der Waals surface area contributed by atoms with Crippen molar-refractivity contribution >= 4 is 11.9 Å². The molecule has 0 aromatic heterocycles. The van der Waals surface area contributed by atoms with Crippen molar-refractivity contribution in [1.29, 1.82) is 0 Å². The molecule has 0 aromatic carbocycles. The Balaban J connectivity index is 1.66. The summed E-state index contributed by atoms with van der Waals surface area (Å²) in [6.07, 6.45) is 1.95. The second kappa shape index (κ2) is 3.72. The van der Waals surface area contributed by atoms with Crippen molar-refractivity contribution in [2.45, 2.75) is 45.3 Å². The monoisotopic (exact) mass is 238 g/mol. The third-order valence-electron chi connectivity index (χ3n) is 4.26. The van der Waals surface area contributed by atoms with Crippen LogP contribution >= 0.6 is 0 Å². The van der Waals surface area contributed by atoms with Gasteiger partial charge in [0.2, 0.25) is 0 Å². The molecule has 0 amide bonds. The minimum absolute atomic E-state index is 0.0788. The van der Waals surface area contributed by atoms with E-state index in [4.69, 9.17) is 9.47 Å². The van der Waals surface area contributed by atoms with Gasteiger partial charge in [0, 0.05) is 18.3 Å². The first-order valence-electron chi connectivity index (χ1n) is 6.46. The van der Waals surface area contributed by atoms with Gasteiger partial charge in [-0.3, -0.25) is 9.59 Å². The highest BCUT2D eigenvalue weighted by Gasteiger charge is 2.63. The first kappa shape index (κ1) is 11.1. The topological polar surface area (TPSA) is 52.6 Å². The van der Waals surface area contributed by atoms with Gasteiger partial charge < -0.3 is 9.47 Å². The molecular formula is C13H18O4. The molecule has 4 heteroatoms. The van der Waals surface area contributed by atoms with E-state index in [0.717, 1.165) is 12.8 Å². The quantitative estimate of drug-likeness (QED) is 0.700. The first-order chi connectivity index (χ1) is 8.06. The molecule has 0 spiro atoms. The van der Waals surface area contributed by atoms with Crippen molar-refractivity contribution in [1.82, 2.24) is 0 Å². The highest BCUT2D eigenvalue weighted by Crippen LogP contribution is 2.55. The summed E-state index contributed by atoms with van der Waals surface area (Å²) in [6.45, 7) is 3.99. The van der Waals surface area contributed by atoms with Crippen LogP contribution in [0.2, 0.25) is 0 Å². The zero-order valence-corrected chi connectivity index (χ0v) is 10.2. The van der Waals surface area contributed by atoms with E-state index in [9.17, 15) is 9.59 Å². The number of carbonyl (C=O) groups excluding carboxylic acids is 2. The Labute approximate surface area is 101 Å². The van der Waals surface area contributed by atoms with Gasteiger partial charge in [-0.2, -0.15) is 0 Å². The van der Waals surface area contributed by atoms with Gasteiger partial charge in [0.25, 0.3) is 0 Å². The summed E-state index contributed by atoms with van der Waals surface area (Å²) in [7, 11) is 0. The highest BCUT2D eigenvalue weighted by molar-refractivity contribution is 5.77. The average Bonchev–Trinajstić information content (AvgIpc) is 2.80.